The summed E-state index contributed by atoms with van der Waals surface area (Å²) in [6.07, 6.45) is -0.672. The van der Waals surface area contributed by atoms with Gasteiger partial charge < -0.3 is 67.2 Å². The van der Waals surface area contributed by atoms with Crippen molar-refractivity contribution in [2.45, 2.75) is 175 Å². The Balaban J connectivity index is 1.70. The molecule has 0 aliphatic carbocycles. The molecule has 2 aromatic rings. The molecule has 22 nitrogen and oxygen atoms in total. The molecule has 448 valence electrons. The number of anilines is 1. The van der Waals surface area contributed by atoms with Crippen molar-refractivity contribution in [1.29, 1.82) is 0 Å². The van der Waals surface area contributed by atoms with Crippen LogP contribution in [-0.4, -0.2) is 163 Å². The van der Waals surface area contributed by atoms with Gasteiger partial charge in [-0.3, -0.25) is 33.7 Å². The van der Waals surface area contributed by atoms with Gasteiger partial charge in [-0.05, 0) is 73.6 Å². The minimum Gasteiger partial charge on any atom is -0.445 e. The van der Waals surface area contributed by atoms with Crippen LogP contribution < -0.4 is 38.1 Å². The summed E-state index contributed by atoms with van der Waals surface area (Å²) in [6, 6.07) is 9.73. The number of urea groups is 1. The van der Waals surface area contributed by atoms with Gasteiger partial charge >= 0.3 is 12.1 Å². The molecule has 0 radical (unpaired) electrons. The number of hydrogen-bond donors (Lipinski definition) is 8. The van der Waals surface area contributed by atoms with E-state index in [1.807, 2.05) is 59.7 Å². The molecule has 1 heterocycles. The number of carbonyl (C=O) groups is 8. The third kappa shape index (κ3) is 19.4. The predicted molar refractivity (Wildman–Crippen MR) is 304 cm³/mol. The van der Waals surface area contributed by atoms with Gasteiger partial charge in [-0.15, -0.1) is 0 Å². The van der Waals surface area contributed by atoms with Gasteiger partial charge in [0.15, 0.2) is 6.04 Å². The van der Waals surface area contributed by atoms with Crippen molar-refractivity contribution in [3.05, 3.63) is 65.7 Å². The Hall–Kier alpha value is -6.36. The Morgan fingerprint density at radius 3 is 1.98 bits per heavy atom. The summed E-state index contributed by atoms with van der Waals surface area (Å²) in [5.41, 5.74) is 10.7. The Morgan fingerprint density at radius 2 is 1.43 bits per heavy atom. The summed E-state index contributed by atoms with van der Waals surface area (Å²) >= 11 is 0. The average Bonchev–Trinajstić information content (AvgIpc) is 3.91. The highest BCUT2D eigenvalue weighted by Gasteiger charge is 2.44. The number of nitrogens with one attached hydrogen (secondary N) is 5. The van der Waals surface area contributed by atoms with Gasteiger partial charge in [0, 0.05) is 53.0 Å². The number of likely N-dealkylation sites (tertiary alicyclic amines) is 1. The topological polar surface area (TPSA) is 308 Å². The number of nitrogens with two attached hydrogens (primary N) is 1. The molecule has 12 atom stereocenters. The summed E-state index contributed by atoms with van der Waals surface area (Å²) in [5.74, 6) is -4.05. The predicted octanol–water partition coefficient (Wildman–Crippen LogP) is 3.72. The average molecular weight is 1120 g/mol. The highest BCUT2D eigenvalue weighted by Crippen LogP contribution is 2.30. The van der Waals surface area contributed by atoms with Gasteiger partial charge in [-0.25, -0.2) is 9.59 Å². The monoisotopic (exact) mass is 1120 g/mol. The number of amides is 9. The number of benzene rings is 2. The maximum atomic E-state index is 14.7. The molecule has 2 aromatic carbocycles. The fourth-order valence-electron chi connectivity index (χ4n) is 10.2. The quantitative estimate of drug-likeness (QED) is 0.0502. The smallest absolute Gasteiger partial charge is 0.410 e. The lowest BCUT2D eigenvalue weighted by Crippen LogP contribution is -2.70. The van der Waals surface area contributed by atoms with Crippen LogP contribution in [0.3, 0.4) is 0 Å². The number of ether oxygens (including phenoxy) is 3. The van der Waals surface area contributed by atoms with E-state index in [0.717, 1.165) is 0 Å². The second-order valence-corrected chi connectivity index (χ2v) is 22.4. The van der Waals surface area contributed by atoms with Crippen molar-refractivity contribution >= 4 is 53.3 Å². The molecule has 0 bridgehead atoms. The SMILES string of the molecule is CC[C@H](C)[C@@H]([C@@H](CC(=O)N1CCC[C@H]1[C@H](OC)[C@@H](C)C(=O)N[C@H](C)[C@@H](O)c1ccccc1)OC)N(C)C(=O)[C@@H](NC(=O)[C@H](C(C)C)N(C)C(=O)OCc1ccc(NC(=O)C(CCCNC(N)=O)NC(=O)C([NH3+])C(C)C)cc1)C(C)C. The van der Waals surface area contributed by atoms with Gasteiger partial charge in [-0.2, -0.15) is 0 Å². The van der Waals surface area contributed by atoms with E-state index in [1.165, 1.54) is 26.2 Å². The maximum Gasteiger partial charge on any atom is 0.410 e. The summed E-state index contributed by atoms with van der Waals surface area (Å²) < 4.78 is 17.7. The number of rotatable bonds is 31. The summed E-state index contributed by atoms with van der Waals surface area (Å²) in [6.45, 7) is 18.8. The van der Waals surface area contributed by atoms with Crippen molar-refractivity contribution < 1.29 is 63.4 Å². The van der Waals surface area contributed by atoms with E-state index in [0.29, 0.717) is 49.0 Å². The van der Waals surface area contributed by atoms with Crippen LogP contribution in [0.5, 0.6) is 0 Å². The number of aliphatic hydroxyl groups is 1. The minimum absolute atomic E-state index is 0.0627. The number of likely N-dealkylation sites (N-methyl/N-ethyl adjacent to an activating group) is 2. The van der Waals surface area contributed by atoms with E-state index in [2.05, 4.69) is 32.3 Å². The Bertz CT molecular complexity index is 2320. The number of carbonyl (C=O) groups excluding carboxylic acids is 8. The van der Waals surface area contributed by atoms with E-state index in [1.54, 1.807) is 80.9 Å². The zero-order valence-electron chi connectivity index (χ0n) is 49.8. The van der Waals surface area contributed by atoms with Crippen molar-refractivity contribution in [3.63, 3.8) is 0 Å². The fourth-order valence-corrected chi connectivity index (χ4v) is 10.2. The molecule has 3 rings (SSSR count). The van der Waals surface area contributed by atoms with Crippen molar-refractivity contribution in [2.75, 3.05) is 46.7 Å². The van der Waals surface area contributed by atoms with E-state index >= 15 is 0 Å². The molecule has 0 aromatic heterocycles. The molecule has 80 heavy (non-hydrogen) atoms. The van der Waals surface area contributed by atoms with Crippen molar-refractivity contribution in [3.8, 4) is 0 Å². The fraction of sp³-hybridized carbons (Fsp3) is 0.655. The van der Waals surface area contributed by atoms with Crippen LogP contribution >= 0.6 is 0 Å². The Labute approximate surface area is 473 Å². The van der Waals surface area contributed by atoms with E-state index in [-0.39, 0.29) is 55.6 Å². The minimum atomic E-state index is -1.05. The number of hydrogen-bond acceptors (Lipinski definition) is 12. The second-order valence-electron chi connectivity index (χ2n) is 22.4. The summed E-state index contributed by atoms with van der Waals surface area (Å²) in [7, 11) is 6.13. The van der Waals surface area contributed by atoms with Crippen LogP contribution in [0.2, 0.25) is 0 Å². The first-order chi connectivity index (χ1) is 37.7. The normalized spacial score (nSPS) is 17.6. The first-order valence-electron chi connectivity index (χ1n) is 28.1. The van der Waals surface area contributed by atoms with E-state index in [9.17, 15) is 43.5 Å². The standard InChI is InChI=1S/C58H94N10O12/c1-15-36(8)49(44(78-13)31-45(69)68-30-20-24-43(68)51(79-14)37(9)52(71)62-38(10)50(70)40-21-17-16-18-22-40)66(11)56(75)47(34(4)5)65-55(74)48(35(6)7)67(12)58(77)80-32-39-25-27-41(28-26-39)63-53(72)42(23-19-29-61-57(60)76)64-54(73)46(59)33(2)3/h16-18,21-22,25-28,33-38,42-44,46-51,70H,15,19-20,23-24,29-32,59H2,1-14H3,(H,62,71)(H,63,72)(H,64,73)(H,65,74)(H3,60,61,76)/p+1/t36-,37+,38+,42?,43-,44+,46?,47-,48-,49-,50+,51+/m0/s1. The van der Waals surface area contributed by atoms with Crippen LogP contribution in [0.1, 0.15) is 125 Å². The first-order valence-corrected chi connectivity index (χ1v) is 28.1. The molecule has 0 saturated carbocycles. The highest BCUT2D eigenvalue weighted by atomic mass is 16.6. The van der Waals surface area contributed by atoms with Crippen LogP contribution in [0.15, 0.2) is 54.6 Å². The maximum absolute atomic E-state index is 14.7. The van der Waals surface area contributed by atoms with Gasteiger partial charge in [0.1, 0.15) is 24.7 Å². The molecule has 9 amide bonds. The molecular weight excluding hydrogens is 1030 g/mol. The van der Waals surface area contributed by atoms with Crippen LogP contribution in [0, 0.1) is 29.6 Å². The van der Waals surface area contributed by atoms with Crippen molar-refractivity contribution in [2.24, 2.45) is 35.3 Å². The van der Waals surface area contributed by atoms with Gasteiger partial charge in [0.2, 0.25) is 29.5 Å². The second kappa shape index (κ2) is 32.8. The molecule has 1 aliphatic rings. The molecule has 1 aliphatic heterocycles. The van der Waals surface area contributed by atoms with E-state index < -0.39 is 108 Å². The molecule has 1 fully saturated rings. The zero-order valence-corrected chi connectivity index (χ0v) is 49.8. The summed E-state index contributed by atoms with van der Waals surface area (Å²) in [5, 5.41) is 24.9. The largest absolute Gasteiger partial charge is 0.445 e. The van der Waals surface area contributed by atoms with Crippen LogP contribution in [-0.2, 0) is 49.6 Å². The lowest BCUT2D eigenvalue weighted by atomic mass is 9.89. The number of methoxy groups -OCH3 is 2. The molecule has 2 unspecified atom stereocenters. The zero-order chi connectivity index (χ0) is 60.1. The van der Waals surface area contributed by atoms with Crippen molar-refractivity contribution in [1.82, 2.24) is 36.0 Å². The Morgan fingerprint density at radius 1 is 0.787 bits per heavy atom. The van der Waals surface area contributed by atoms with Gasteiger partial charge in [-0.1, -0.05) is 111 Å². The first kappa shape index (κ1) is 67.9. The number of primary amides is 1. The molecule has 11 N–H and O–H groups in total. The Kier molecular flexibility index (Phi) is 27.8. The van der Waals surface area contributed by atoms with Gasteiger partial charge in [0.25, 0.3) is 5.91 Å². The third-order valence-corrected chi connectivity index (χ3v) is 15.4. The number of aliphatic hydroxyl groups excluding tert-OH is 1. The molecule has 22 heteroatoms. The summed E-state index contributed by atoms with van der Waals surface area (Å²) in [4.78, 5) is 113. The van der Waals surface area contributed by atoms with Crippen LogP contribution in [0.4, 0.5) is 15.3 Å². The number of quaternary nitrogens is 1. The number of nitrogens with zero attached hydrogens (tertiary/aromatic N) is 3. The third-order valence-electron chi connectivity index (χ3n) is 15.4. The van der Waals surface area contributed by atoms with E-state index in [4.69, 9.17) is 19.9 Å². The highest BCUT2D eigenvalue weighted by molar-refractivity contribution is 5.97. The lowest BCUT2D eigenvalue weighted by molar-refractivity contribution is -0.414. The van der Waals surface area contributed by atoms with Crippen LogP contribution in [0.25, 0.3) is 0 Å². The lowest BCUT2D eigenvalue weighted by Gasteiger charge is -2.41. The molecule has 1 saturated heterocycles. The van der Waals surface area contributed by atoms with Gasteiger partial charge in [0.05, 0.1) is 48.8 Å². The molecule has 0 spiro atoms. The molecular formula is C58H95N10O12+.